The number of carbonyl (C=O) groups is 1. The van der Waals surface area contributed by atoms with Gasteiger partial charge in [-0.3, -0.25) is 4.79 Å². The fraction of sp³-hybridized carbons (Fsp3) is 0.300. The van der Waals surface area contributed by atoms with Gasteiger partial charge in [0.15, 0.2) is 5.84 Å². The van der Waals surface area contributed by atoms with Crippen LogP contribution in [0.5, 0.6) is 5.75 Å². The summed E-state index contributed by atoms with van der Waals surface area (Å²) in [5.74, 6) is 5.37. The van der Waals surface area contributed by atoms with Crippen molar-refractivity contribution in [1.29, 1.82) is 0 Å². The number of hydrogen-bond donors (Lipinski definition) is 3. The Morgan fingerprint density at radius 3 is 2.29 bits per heavy atom. The number of ether oxygens (including phenoxy) is 1. The highest BCUT2D eigenvalue weighted by atomic mass is 19.4. The van der Waals surface area contributed by atoms with Crippen molar-refractivity contribution in [3.63, 3.8) is 0 Å². The van der Waals surface area contributed by atoms with E-state index in [0.717, 1.165) is 5.12 Å². The zero-order chi connectivity index (χ0) is 23.0. The van der Waals surface area contributed by atoms with Crippen LogP contribution in [0.3, 0.4) is 0 Å². The first-order valence-electron chi connectivity index (χ1n) is 9.49. The Labute approximate surface area is 178 Å². The van der Waals surface area contributed by atoms with Crippen molar-refractivity contribution < 1.29 is 22.7 Å². The normalized spacial score (nSPS) is 11.7. The molecule has 0 aliphatic carbocycles. The fourth-order valence-corrected chi connectivity index (χ4v) is 2.75. The van der Waals surface area contributed by atoms with Gasteiger partial charge in [0.1, 0.15) is 12.3 Å². The van der Waals surface area contributed by atoms with E-state index in [1.165, 1.54) is 24.3 Å². The number of rotatable bonds is 9. The largest absolute Gasteiger partial charge is 0.573 e. The Morgan fingerprint density at radius 2 is 1.71 bits per heavy atom. The second kappa shape index (κ2) is 10.5. The predicted octanol–water partition coefficient (Wildman–Crippen LogP) is 2.99. The smallest absolute Gasteiger partial charge is 0.406 e. The maximum Gasteiger partial charge on any atom is 0.573 e. The van der Waals surface area contributed by atoms with Gasteiger partial charge in [0.25, 0.3) is 0 Å². The van der Waals surface area contributed by atoms with Gasteiger partial charge in [-0.05, 0) is 50.2 Å². The van der Waals surface area contributed by atoms with Crippen LogP contribution in [0.2, 0.25) is 0 Å². The summed E-state index contributed by atoms with van der Waals surface area (Å²) in [7, 11) is 0. The lowest BCUT2D eigenvalue weighted by Gasteiger charge is -2.21. The van der Waals surface area contributed by atoms with E-state index in [9.17, 15) is 18.0 Å². The molecule has 0 aliphatic rings. The van der Waals surface area contributed by atoms with Gasteiger partial charge in [-0.2, -0.15) is 0 Å². The Hall–Kier alpha value is -3.47. The van der Waals surface area contributed by atoms with Crippen LogP contribution in [0.15, 0.2) is 53.6 Å². The molecule has 0 aromatic heterocycles. The predicted molar refractivity (Wildman–Crippen MR) is 112 cm³/mol. The number of hydrogen-bond acceptors (Lipinski definition) is 6. The molecule has 2 aromatic rings. The molecule has 1 amide bonds. The lowest BCUT2D eigenvalue weighted by Crippen LogP contribution is -2.41. The number of nitrogens with two attached hydrogens (primary N) is 2. The summed E-state index contributed by atoms with van der Waals surface area (Å²) in [5, 5.41) is 8.10. The number of hydrazine groups is 1. The highest BCUT2D eigenvalue weighted by molar-refractivity contribution is 6.02. The molecule has 0 radical (unpaired) electrons. The molecule has 2 rings (SSSR count). The third-order valence-corrected chi connectivity index (χ3v) is 4.22. The summed E-state index contributed by atoms with van der Waals surface area (Å²) in [6.07, 6.45) is -4.76. The number of anilines is 2. The van der Waals surface area contributed by atoms with Crippen molar-refractivity contribution in [2.45, 2.75) is 20.2 Å². The van der Waals surface area contributed by atoms with Crippen molar-refractivity contribution in [2.24, 2.45) is 16.7 Å². The van der Waals surface area contributed by atoms with Gasteiger partial charge in [-0.1, -0.05) is 12.1 Å². The van der Waals surface area contributed by atoms with E-state index in [-0.39, 0.29) is 24.0 Å². The molecule has 0 heterocycles. The number of halogens is 3. The highest BCUT2D eigenvalue weighted by Crippen LogP contribution is 2.26. The molecule has 11 heteroatoms. The number of likely N-dealkylation sites (N-methyl/N-ethyl adjacent to an activating group) is 1. The van der Waals surface area contributed by atoms with Crippen LogP contribution < -0.4 is 21.6 Å². The van der Waals surface area contributed by atoms with E-state index >= 15 is 0 Å². The minimum absolute atomic E-state index is 0.0648. The third-order valence-electron chi connectivity index (χ3n) is 4.22. The number of benzene rings is 2. The van der Waals surface area contributed by atoms with Crippen molar-refractivity contribution in [3.05, 3.63) is 54.1 Å². The second-order valence-electron chi connectivity index (χ2n) is 6.39. The first-order chi connectivity index (χ1) is 14.6. The number of hydrazone groups is 1. The molecule has 31 heavy (non-hydrogen) atoms. The number of amides is 1. The minimum atomic E-state index is -4.76. The molecular formula is C20H25F3N6O2. The molecule has 168 valence electrons. The summed E-state index contributed by atoms with van der Waals surface area (Å²) >= 11 is 0. The standard InChI is InChI=1S/C20H25F3N6O2/c1-3-28(4-2)18(30)13-29(25)27-19(24)16-7-5-6-8-17(16)26-14-9-11-15(12-10-14)31-20(21,22)23/h5-12,26H,3-4,13,25H2,1-2H3,(H2,24,27). The molecule has 0 spiro atoms. The SMILES string of the molecule is CCN(CC)C(=O)CN(N)/N=C(\N)c1ccccc1Nc1ccc(OC(F)(F)F)cc1. The average molecular weight is 438 g/mol. The molecule has 0 atom stereocenters. The van der Waals surface area contributed by atoms with Gasteiger partial charge in [-0.25, -0.2) is 11.0 Å². The Kier molecular flexibility index (Phi) is 8.08. The van der Waals surface area contributed by atoms with Crippen molar-refractivity contribution in [3.8, 4) is 5.75 Å². The Balaban J connectivity index is 2.13. The van der Waals surface area contributed by atoms with Crippen LogP contribution in [0.4, 0.5) is 24.5 Å². The van der Waals surface area contributed by atoms with Crippen LogP contribution in [-0.2, 0) is 4.79 Å². The molecule has 8 nitrogen and oxygen atoms in total. The number of para-hydroxylation sites is 1. The molecule has 0 fully saturated rings. The van der Waals surface area contributed by atoms with Gasteiger partial charge >= 0.3 is 6.36 Å². The van der Waals surface area contributed by atoms with Crippen LogP contribution in [0.1, 0.15) is 19.4 Å². The molecule has 2 aromatic carbocycles. The van der Waals surface area contributed by atoms with E-state index in [0.29, 0.717) is 30.0 Å². The number of alkyl halides is 3. The highest BCUT2D eigenvalue weighted by Gasteiger charge is 2.30. The average Bonchev–Trinajstić information content (AvgIpc) is 2.69. The molecule has 0 saturated carbocycles. The summed E-state index contributed by atoms with van der Waals surface area (Å²) < 4.78 is 40.7. The van der Waals surface area contributed by atoms with Crippen LogP contribution in [0, 0.1) is 0 Å². The topological polar surface area (TPSA) is 109 Å². The zero-order valence-corrected chi connectivity index (χ0v) is 17.2. The van der Waals surface area contributed by atoms with Crippen molar-refractivity contribution >= 4 is 23.1 Å². The first kappa shape index (κ1) is 23.8. The fourth-order valence-electron chi connectivity index (χ4n) is 2.75. The lowest BCUT2D eigenvalue weighted by molar-refractivity contribution is -0.274. The third kappa shape index (κ3) is 7.37. The van der Waals surface area contributed by atoms with Gasteiger partial charge in [0.2, 0.25) is 5.91 Å². The quantitative estimate of drug-likeness (QED) is 0.240. The van der Waals surface area contributed by atoms with E-state index < -0.39 is 6.36 Å². The number of nitrogens with zero attached hydrogens (tertiary/aromatic N) is 3. The van der Waals surface area contributed by atoms with Gasteiger partial charge in [-0.15, -0.1) is 18.3 Å². The van der Waals surface area contributed by atoms with Crippen molar-refractivity contribution in [1.82, 2.24) is 10.0 Å². The molecule has 0 unspecified atom stereocenters. The molecule has 0 saturated heterocycles. The first-order valence-corrected chi connectivity index (χ1v) is 9.49. The van der Waals surface area contributed by atoms with Crippen molar-refractivity contribution in [2.75, 3.05) is 25.0 Å². The zero-order valence-electron chi connectivity index (χ0n) is 17.2. The van der Waals surface area contributed by atoms with Gasteiger partial charge < -0.3 is 20.7 Å². The van der Waals surface area contributed by atoms with E-state index in [1.54, 1.807) is 29.2 Å². The van der Waals surface area contributed by atoms with Crippen LogP contribution in [0.25, 0.3) is 0 Å². The summed E-state index contributed by atoms with van der Waals surface area (Å²) in [6, 6.07) is 12.2. The minimum Gasteiger partial charge on any atom is -0.406 e. The van der Waals surface area contributed by atoms with Crippen LogP contribution in [-0.4, -0.2) is 47.8 Å². The Bertz CT molecular complexity index is 899. The summed E-state index contributed by atoms with van der Waals surface area (Å²) in [4.78, 5) is 13.8. The molecule has 5 N–H and O–H groups in total. The summed E-state index contributed by atoms with van der Waals surface area (Å²) in [6.45, 7) is 4.70. The maximum absolute atomic E-state index is 12.3. The molecule has 0 aliphatic heterocycles. The van der Waals surface area contributed by atoms with E-state index in [1.807, 2.05) is 13.8 Å². The van der Waals surface area contributed by atoms with Gasteiger partial charge in [0.05, 0.1) is 0 Å². The van der Waals surface area contributed by atoms with E-state index in [2.05, 4.69) is 15.2 Å². The number of amidine groups is 1. The monoisotopic (exact) mass is 438 g/mol. The lowest BCUT2D eigenvalue weighted by atomic mass is 10.1. The van der Waals surface area contributed by atoms with Gasteiger partial charge in [0, 0.05) is 30.0 Å². The maximum atomic E-state index is 12.3. The second-order valence-corrected chi connectivity index (χ2v) is 6.39. The molecular weight excluding hydrogens is 413 g/mol. The molecule has 0 bridgehead atoms. The van der Waals surface area contributed by atoms with Crippen LogP contribution >= 0.6 is 0 Å². The Morgan fingerprint density at radius 1 is 1.10 bits per heavy atom. The van der Waals surface area contributed by atoms with E-state index in [4.69, 9.17) is 11.6 Å². The number of carbonyl (C=O) groups excluding carboxylic acids is 1. The number of nitrogens with one attached hydrogen (secondary N) is 1. The summed E-state index contributed by atoms with van der Waals surface area (Å²) in [5.41, 5.74) is 7.65.